The fourth-order valence-electron chi connectivity index (χ4n) is 3.04. The third-order valence-corrected chi connectivity index (χ3v) is 4.66. The molecule has 0 aliphatic carbocycles. The van der Waals surface area contributed by atoms with Gasteiger partial charge in [-0.3, -0.25) is 4.79 Å². The molecule has 1 amide bonds. The summed E-state index contributed by atoms with van der Waals surface area (Å²) in [5, 5.41) is 26.1. The predicted octanol–water partition coefficient (Wildman–Crippen LogP) is 3.39. The minimum atomic E-state index is -4.80. The Morgan fingerprint density at radius 1 is 1.06 bits per heavy atom. The van der Waals surface area contributed by atoms with Gasteiger partial charge < -0.3 is 25.6 Å². The van der Waals surface area contributed by atoms with E-state index in [4.69, 9.17) is 0 Å². The van der Waals surface area contributed by atoms with Gasteiger partial charge in [0.25, 0.3) is 5.91 Å². The highest BCUT2D eigenvalue weighted by atomic mass is 19.4. The predicted molar refractivity (Wildman–Crippen MR) is 112 cm³/mol. The van der Waals surface area contributed by atoms with E-state index in [1.165, 1.54) is 12.1 Å². The van der Waals surface area contributed by atoms with Crippen LogP contribution >= 0.6 is 0 Å². The van der Waals surface area contributed by atoms with Gasteiger partial charge in [-0.1, -0.05) is 18.2 Å². The number of rotatable bonds is 8. The summed E-state index contributed by atoms with van der Waals surface area (Å²) in [6.07, 6.45) is -3.16. The molecule has 32 heavy (non-hydrogen) atoms. The number of ether oxygens (including phenoxy) is 1. The molecule has 1 heterocycles. The number of benzene rings is 2. The first kappa shape index (κ1) is 23.3. The van der Waals surface area contributed by atoms with Crippen LogP contribution in [0.25, 0.3) is 10.8 Å². The van der Waals surface area contributed by atoms with Gasteiger partial charge in [-0.25, -0.2) is 4.98 Å². The van der Waals surface area contributed by atoms with Crippen molar-refractivity contribution in [1.29, 1.82) is 0 Å². The molecule has 2 aromatic carbocycles. The molecule has 170 valence electrons. The van der Waals surface area contributed by atoms with E-state index in [2.05, 4.69) is 20.4 Å². The zero-order valence-electron chi connectivity index (χ0n) is 17.1. The highest BCUT2D eigenvalue weighted by Gasteiger charge is 2.31. The lowest BCUT2D eigenvalue weighted by atomic mass is 10.1. The van der Waals surface area contributed by atoms with Gasteiger partial charge in [-0.15, -0.1) is 13.2 Å². The Hall–Kier alpha value is -3.37. The SMILES string of the molecule is C[C@@H](CO)Nc1cc2cc(C(=O)N[C@H](CO)c3ccc(OC(F)(F)F)cc3)ccc2cn1. The number of carbonyl (C=O) groups is 1. The lowest BCUT2D eigenvalue weighted by Crippen LogP contribution is -2.30. The number of nitrogens with zero attached hydrogens (tertiary/aromatic N) is 1. The van der Waals surface area contributed by atoms with Crippen molar-refractivity contribution in [2.45, 2.75) is 25.4 Å². The van der Waals surface area contributed by atoms with Crippen LogP contribution in [0.5, 0.6) is 5.75 Å². The van der Waals surface area contributed by atoms with Crippen LogP contribution in [0.3, 0.4) is 0 Å². The third kappa shape index (κ3) is 6.08. The number of pyridine rings is 1. The molecule has 0 saturated heterocycles. The maximum absolute atomic E-state index is 12.7. The van der Waals surface area contributed by atoms with Crippen LogP contribution in [0.4, 0.5) is 19.0 Å². The zero-order valence-corrected chi connectivity index (χ0v) is 17.1. The average molecular weight is 449 g/mol. The second kappa shape index (κ2) is 9.84. The van der Waals surface area contributed by atoms with Crippen LogP contribution in [0.15, 0.2) is 54.7 Å². The first-order valence-corrected chi connectivity index (χ1v) is 9.73. The second-order valence-corrected chi connectivity index (χ2v) is 7.18. The summed E-state index contributed by atoms with van der Waals surface area (Å²) in [5.41, 5.74) is 0.755. The minimum Gasteiger partial charge on any atom is -0.406 e. The van der Waals surface area contributed by atoms with Crippen molar-refractivity contribution < 1.29 is 32.9 Å². The van der Waals surface area contributed by atoms with E-state index in [1.807, 2.05) is 0 Å². The molecular weight excluding hydrogens is 427 g/mol. The topological polar surface area (TPSA) is 104 Å². The van der Waals surface area contributed by atoms with Gasteiger partial charge in [0.15, 0.2) is 0 Å². The van der Waals surface area contributed by atoms with Crippen LogP contribution in [0, 0.1) is 0 Å². The van der Waals surface area contributed by atoms with Crippen LogP contribution in [-0.4, -0.2) is 46.7 Å². The summed E-state index contributed by atoms with van der Waals surface area (Å²) in [6.45, 7) is 1.29. The van der Waals surface area contributed by atoms with E-state index in [9.17, 15) is 28.2 Å². The summed E-state index contributed by atoms with van der Waals surface area (Å²) in [6, 6.07) is 10.7. The summed E-state index contributed by atoms with van der Waals surface area (Å²) < 4.78 is 40.7. The zero-order chi connectivity index (χ0) is 23.3. The van der Waals surface area contributed by atoms with Crippen LogP contribution < -0.4 is 15.4 Å². The Labute approximate surface area is 181 Å². The largest absolute Gasteiger partial charge is 0.573 e. The molecule has 7 nitrogen and oxygen atoms in total. The Kier molecular flexibility index (Phi) is 7.16. The molecule has 0 spiro atoms. The van der Waals surface area contributed by atoms with Gasteiger partial charge in [-0.2, -0.15) is 0 Å². The molecule has 0 aliphatic heterocycles. The van der Waals surface area contributed by atoms with Gasteiger partial charge in [0.1, 0.15) is 11.6 Å². The molecule has 3 rings (SSSR count). The van der Waals surface area contributed by atoms with Crippen molar-refractivity contribution in [3.8, 4) is 5.75 Å². The van der Waals surface area contributed by atoms with Crippen molar-refractivity contribution in [3.63, 3.8) is 0 Å². The Bertz CT molecular complexity index is 1070. The lowest BCUT2D eigenvalue weighted by Gasteiger charge is -2.18. The van der Waals surface area contributed by atoms with Gasteiger partial charge in [0.05, 0.1) is 19.3 Å². The first-order chi connectivity index (χ1) is 15.2. The fourth-order valence-corrected chi connectivity index (χ4v) is 3.04. The minimum absolute atomic E-state index is 0.0615. The normalized spacial score (nSPS) is 13.4. The Balaban J connectivity index is 1.75. The maximum atomic E-state index is 12.7. The van der Waals surface area contributed by atoms with Crippen molar-refractivity contribution in [2.24, 2.45) is 0 Å². The van der Waals surface area contributed by atoms with Crippen LogP contribution in [0.1, 0.15) is 28.9 Å². The number of aliphatic hydroxyl groups excluding tert-OH is 2. The number of aromatic nitrogens is 1. The van der Waals surface area contributed by atoms with Crippen molar-refractivity contribution in [3.05, 3.63) is 65.9 Å². The second-order valence-electron chi connectivity index (χ2n) is 7.18. The molecule has 0 bridgehead atoms. The van der Waals surface area contributed by atoms with Crippen molar-refractivity contribution in [2.75, 3.05) is 18.5 Å². The number of alkyl halides is 3. The van der Waals surface area contributed by atoms with E-state index >= 15 is 0 Å². The number of aliphatic hydroxyl groups is 2. The average Bonchev–Trinajstić information content (AvgIpc) is 2.76. The number of fused-ring (bicyclic) bond motifs is 1. The monoisotopic (exact) mass is 449 g/mol. The molecule has 0 unspecified atom stereocenters. The number of halogens is 3. The number of nitrogens with one attached hydrogen (secondary N) is 2. The smallest absolute Gasteiger partial charge is 0.406 e. The number of anilines is 1. The van der Waals surface area contributed by atoms with E-state index in [0.717, 1.165) is 22.9 Å². The number of hydrogen-bond acceptors (Lipinski definition) is 6. The van der Waals surface area contributed by atoms with E-state index in [1.54, 1.807) is 37.4 Å². The highest BCUT2D eigenvalue weighted by molar-refractivity contribution is 5.99. The molecular formula is C22H22F3N3O4. The van der Waals surface area contributed by atoms with Crippen molar-refractivity contribution in [1.82, 2.24) is 10.3 Å². The Morgan fingerprint density at radius 3 is 2.41 bits per heavy atom. The first-order valence-electron chi connectivity index (χ1n) is 9.73. The third-order valence-electron chi connectivity index (χ3n) is 4.66. The van der Waals surface area contributed by atoms with Gasteiger partial charge >= 0.3 is 6.36 Å². The van der Waals surface area contributed by atoms with Crippen molar-refractivity contribution >= 4 is 22.5 Å². The number of hydrogen-bond donors (Lipinski definition) is 4. The molecule has 4 N–H and O–H groups in total. The maximum Gasteiger partial charge on any atom is 0.573 e. The molecule has 2 atom stereocenters. The Morgan fingerprint density at radius 2 is 1.78 bits per heavy atom. The molecule has 10 heteroatoms. The summed E-state index contributed by atoms with van der Waals surface area (Å²) in [5.74, 6) is -0.310. The molecule has 1 aromatic heterocycles. The fraction of sp³-hybridized carbons (Fsp3) is 0.273. The number of carbonyl (C=O) groups excluding carboxylic acids is 1. The quantitative estimate of drug-likeness (QED) is 0.420. The lowest BCUT2D eigenvalue weighted by molar-refractivity contribution is -0.274. The molecule has 0 radical (unpaired) electrons. The van der Waals surface area contributed by atoms with Gasteiger partial charge in [0.2, 0.25) is 0 Å². The molecule has 0 fully saturated rings. The van der Waals surface area contributed by atoms with Gasteiger partial charge in [0, 0.05) is 23.2 Å². The highest BCUT2D eigenvalue weighted by Crippen LogP contribution is 2.25. The van der Waals surface area contributed by atoms with Crippen LogP contribution in [-0.2, 0) is 0 Å². The van der Waals surface area contributed by atoms with Crippen LogP contribution in [0.2, 0.25) is 0 Å². The summed E-state index contributed by atoms with van der Waals surface area (Å²) >= 11 is 0. The standard InChI is InChI=1S/C22H22F3N3O4/c1-13(11-29)27-20-9-17-8-15(2-3-16(17)10-26-20)21(31)28-19(12-30)14-4-6-18(7-5-14)32-22(23,24)25/h2-10,13,19,29-30H,11-12H2,1H3,(H,26,27)(H,28,31)/t13-,19+/m0/s1. The molecule has 0 saturated carbocycles. The molecule has 0 aliphatic rings. The van der Waals surface area contributed by atoms with E-state index in [-0.39, 0.29) is 12.6 Å². The van der Waals surface area contributed by atoms with E-state index < -0.39 is 30.7 Å². The summed E-state index contributed by atoms with van der Waals surface area (Å²) in [7, 11) is 0. The van der Waals surface area contributed by atoms with E-state index in [0.29, 0.717) is 16.9 Å². The molecule has 3 aromatic rings. The number of amides is 1. The summed E-state index contributed by atoms with van der Waals surface area (Å²) in [4.78, 5) is 17.0. The van der Waals surface area contributed by atoms with Gasteiger partial charge in [-0.05, 0) is 48.2 Å².